The van der Waals surface area contributed by atoms with Gasteiger partial charge >= 0.3 is 5.97 Å². The molecule has 6 heteroatoms. The summed E-state index contributed by atoms with van der Waals surface area (Å²) in [6.45, 7) is 2.56. The van der Waals surface area contributed by atoms with Crippen molar-refractivity contribution in [3.05, 3.63) is 30.4 Å². The molecular weight excluding hydrogens is 274 g/mol. The summed E-state index contributed by atoms with van der Waals surface area (Å²) in [5.41, 5.74) is 0.560. The summed E-state index contributed by atoms with van der Waals surface area (Å²) >= 11 is 0. The third-order valence-corrected chi connectivity index (χ3v) is 2.66. The van der Waals surface area contributed by atoms with E-state index in [4.69, 9.17) is 14.2 Å². The van der Waals surface area contributed by atoms with Gasteiger partial charge in [0.25, 0.3) is 5.91 Å². The van der Waals surface area contributed by atoms with Crippen LogP contribution < -0.4 is 14.8 Å². The van der Waals surface area contributed by atoms with E-state index in [1.54, 1.807) is 24.3 Å². The zero-order valence-corrected chi connectivity index (χ0v) is 11.8. The molecule has 21 heavy (non-hydrogen) atoms. The summed E-state index contributed by atoms with van der Waals surface area (Å²) in [5.74, 6) is 0.288. The second-order valence-corrected chi connectivity index (χ2v) is 4.32. The Kier molecular flexibility index (Phi) is 5.20. The van der Waals surface area contributed by atoms with Crippen LogP contribution in [0.1, 0.15) is 13.3 Å². The Morgan fingerprint density at radius 3 is 2.81 bits per heavy atom. The number of carbonyl (C=O) groups is 2. The molecule has 1 heterocycles. The van der Waals surface area contributed by atoms with Gasteiger partial charge in [-0.05, 0) is 18.6 Å². The van der Waals surface area contributed by atoms with E-state index in [9.17, 15) is 9.59 Å². The van der Waals surface area contributed by atoms with Crippen LogP contribution in [0.5, 0.6) is 11.5 Å². The molecule has 1 aliphatic rings. The smallest absolute Gasteiger partial charge is 0.330 e. The number of benzene rings is 1. The van der Waals surface area contributed by atoms with Crippen molar-refractivity contribution in [1.82, 2.24) is 0 Å². The Morgan fingerprint density at radius 2 is 2.05 bits per heavy atom. The van der Waals surface area contributed by atoms with Gasteiger partial charge in [0, 0.05) is 17.8 Å². The highest BCUT2D eigenvalue weighted by molar-refractivity contribution is 5.94. The molecule has 6 nitrogen and oxygen atoms in total. The number of ether oxygens (including phenoxy) is 3. The lowest BCUT2D eigenvalue weighted by molar-refractivity contribution is -0.142. The first-order valence-electron chi connectivity index (χ1n) is 6.72. The Balaban J connectivity index is 1.85. The van der Waals surface area contributed by atoms with Gasteiger partial charge in [-0.15, -0.1) is 0 Å². The van der Waals surface area contributed by atoms with Crippen LogP contribution in [0.4, 0.5) is 5.69 Å². The van der Waals surface area contributed by atoms with E-state index < -0.39 is 11.9 Å². The summed E-state index contributed by atoms with van der Waals surface area (Å²) in [7, 11) is 0. The number of hydrogen-bond donors (Lipinski definition) is 1. The maximum Gasteiger partial charge on any atom is 0.330 e. The molecule has 0 fully saturated rings. The van der Waals surface area contributed by atoms with Gasteiger partial charge in [0.15, 0.2) is 18.1 Å². The van der Waals surface area contributed by atoms with E-state index in [0.717, 1.165) is 6.42 Å². The SMILES string of the molecule is CC/C=C/C(=O)OCC(=O)Nc1ccc2c(c1)OCCO2. The number of amides is 1. The van der Waals surface area contributed by atoms with Gasteiger partial charge in [0.2, 0.25) is 0 Å². The first-order chi connectivity index (χ1) is 10.2. The molecule has 0 atom stereocenters. The highest BCUT2D eigenvalue weighted by atomic mass is 16.6. The van der Waals surface area contributed by atoms with Gasteiger partial charge in [0.1, 0.15) is 13.2 Å². The minimum absolute atomic E-state index is 0.332. The Labute approximate surface area is 122 Å². The van der Waals surface area contributed by atoms with Gasteiger partial charge in [-0.1, -0.05) is 13.0 Å². The molecule has 0 spiro atoms. The topological polar surface area (TPSA) is 73.9 Å². The highest BCUT2D eigenvalue weighted by Gasteiger charge is 2.13. The van der Waals surface area contributed by atoms with Crippen LogP contribution in [0.25, 0.3) is 0 Å². The molecule has 0 bridgehead atoms. The van der Waals surface area contributed by atoms with E-state index in [1.165, 1.54) is 6.08 Å². The van der Waals surface area contributed by atoms with Crippen LogP contribution in [0.15, 0.2) is 30.4 Å². The quantitative estimate of drug-likeness (QED) is 0.662. The van der Waals surface area contributed by atoms with Gasteiger partial charge in [-0.2, -0.15) is 0 Å². The Morgan fingerprint density at radius 1 is 1.29 bits per heavy atom. The number of fused-ring (bicyclic) bond motifs is 1. The summed E-state index contributed by atoms with van der Waals surface area (Å²) in [5, 5.41) is 2.63. The predicted octanol–water partition coefficient (Wildman–Crippen LogP) is 1.91. The maximum absolute atomic E-state index is 11.7. The number of allylic oxidation sites excluding steroid dienone is 1. The van der Waals surface area contributed by atoms with Crippen molar-refractivity contribution in [2.24, 2.45) is 0 Å². The molecule has 0 aliphatic carbocycles. The molecule has 2 rings (SSSR count). The summed E-state index contributed by atoms with van der Waals surface area (Å²) in [4.78, 5) is 22.9. The molecule has 1 aromatic carbocycles. The second kappa shape index (κ2) is 7.33. The third kappa shape index (κ3) is 4.52. The van der Waals surface area contributed by atoms with Gasteiger partial charge in [-0.25, -0.2) is 4.79 Å². The fraction of sp³-hybridized carbons (Fsp3) is 0.333. The Bertz CT molecular complexity index is 553. The molecule has 112 valence electrons. The molecule has 0 saturated carbocycles. The number of esters is 1. The van der Waals surface area contributed by atoms with Crippen molar-refractivity contribution in [3.8, 4) is 11.5 Å². The van der Waals surface area contributed by atoms with Crippen molar-refractivity contribution in [2.45, 2.75) is 13.3 Å². The number of anilines is 1. The van der Waals surface area contributed by atoms with Crippen LogP contribution in [-0.2, 0) is 14.3 Å². The molecule has 0 aromatic heterocycles. The maximum atomic E-state index is 11.7. The average Bonchev–Trinajstić information content (AvgIpc) is 2.50. The van der Waals surface area contributed by atoms with Crippen LogP contribution >= 0.6 is 0 Å². The minimum atomic E-state index is -0.533. The van der Waals surface area contributed by atoms with E-state index in [0.29, 0.717) is 30.4 Å². The zero-order valence-electron chi connectivity index (χ0n) is 11.8. The van der Waals surface area contributed by atoms with Gasteiger partial charge in [0.05, 0.1) is 0 Å². The van der Waals surface area contributed by atoms with E-state index in [1.807, 2.05) is 6.92 Å². The number of rotatable bonds is 5. The fourth-order valence-electron chi connectivity index (χ4n) is 1.72. The first kappa shape index (κ1) is 14.9. The number of carbonyl (C=O) groups excluding carboxylic acids is 2. The molecule has 1 N–H and O–H groups in total. The molecule has 0 radical (unpaired) electrons. The largest absolute Gasteiger partial charge is 0.486 e. The number of hydrogen-bond acceptors (Lipinski definition) is 5. The van der Waals surface area contributed by atoms with Crippen LogP contribution in [0.2, 0.25) is 0 Å². The van der Waals surface area contributed by atoms with Crippen molar-refractivity contribution in [2.75, 3.05) is 25.1 Å². The van der Waals surface area contributed by atoms with Gasteiger partial charge in [-0.3, -0.25) is 4.79 Å². The standard InChI is InChI=1S/C15H17NO5/c1-2-3-4-15(18)21-10-14(17)16-11-5-6-12-13(9-11)20-8-7-19-12/h3-6,9H,2,7-8,10H2,1H3,(H,16,17)/b4-3+. The second-order valence-electron chi connectivity index (χ2n) is 4.32. The van der Waals surface area contributed by atoms with Crippen LogP contribution in [0.3, 0.4) is 0 Å². The molecule has 0 saturated heterocycles. The zero-order chi connectivity index (χ0) is 15.1. The van der Waals surface area contributed by atoms with Crippen molar-refractivity contribution in [1.29, 1.82) is 0 Å². The van der Waals surface area contributed by atoms with E-state index in [-0.39, 0.29) is 6.61 Å². The monoisotopic (exact) mass is 291 g/mol. The fourth-order valence-corrected chi connectivity index (χ4v) is 1.72. The van der Waals surface area contributed by atoms with Crippen molar-refractivity contribution < 1.29 is 23.8 Å². The lowest BCUT2D eigenvalue weighted by Gasteiger charge is -2.18. The number of nitrogens with one attached hydrogen (secondary N) is 1. The average molecular weight is 291 g/mol. The van der Waals surface area contributed by atoms with Crippen molar-refractivity contribution >= 4 is 17.6 Å². The predicted molar refractivity (Wildman–Crippen MR) is 76.5 cm³/mol. The first-order valence-corrected chi connectivity index (χ1v) is 6.72. The highest BCUT2D eigenvalue weighted by Crippen LogP contribution is 2.32. The normalized spacial score (nSPS) is 13.0. The summed E-state index contributed by atoms with van der Waals surface area (Å²) in [6.07, 6.45) is 3.71. The van der Waals surface area contributed by atoms with Crippen LogP contribution in [0, 0.1) is 0 Å². The summed E-state index contributed by atoms with van der Waals surface area (Å²) in [6, 6.07) is 5.09. The van der Waals surface area contributed by atoms with Crippen molar-refractivity contribution in [3.63, 3.8) is 0 Å². The third-order valence-electron chi connectivity index (χ3n) is 2.66. The molecular formula is C15H17NO5. The lowest BCUT2D eigenvalue weighted by atomic mass is 10.2. The van der Waals surface area contributed by atoms with Crippen LogP contribution in [-0.4, -0.2) is 31.7 Å². The molecule has 1 aromatic rings. The molecule has 1 aliphatic heterocycles. The van der Waals surface area contributed by atoms with Gasteiger partial charge < -0.3 is 19.5 Å². The molecule has 0 unspecified atom stereocenters. The van der Waals surface area contributed by atoms with E-state index in [2.05, 4.69) is 5.32 Å². The van der Waals surface area contributed by atoms with E-state index >= 15 is 0 Å². The minimum Gasteiger partial charge on any atom is -0.486 e. The Hall–Kier alpha value is -2.50. The summed E-state index contributed by atoms with van der Waals surface area (Å²) < 4.78 is 15.6. The lowest BCUT2D eigenvalue weighted by Crippen LogP contribution is -2.20. The molecule has 1 amide bonds.